The summed E-state index contributed by atoms with van der Waals surface area (Å²) in [7, 11) is 0. The fourth-order valence-electron chi connectivity index (χ4n) is 2.34. The minimum absolute atomic E-state index is 0.0478. The Morgan fingerprint density at radius 3 is 2.65 bits per heavy atom. The van der Waals surface area contributed by atoms with Crippen LogP contribution < -0.4 is 5.56 Å². The van der Waals surface area contributed by atoms with Gasteiger partial charge >= 0.3 is 0 Å². The molecule has 1 aromatic heterocycles. The highest BCUT2D eigenvalue weighted by molar-refractivity contribution is 5.80. The predicted molar refractivity (Wildman–Crippen MR) is 70.6 cm³/mol. The van der Waals surface area contributed by atoms with E-state index < -0.39 is 0 Å². The predicted octanol–water partition coefficient (Wildman–Crippen LogP) is 3.53. The van der Waals surface area contributed by atoms with Crippen LogP contribution in [0.5, 0.6) is 0 Å². The van der Waals surface area contributed by atoms with Crippen LogP contribution in [-0.4, -0.2) is 4.98 Å². The van der Waals surface area contributed by atoms with E-state index in [9.17, 15) is 4.79 Å². The van der Waals surface area contributed by atoms with Crippen LogP contribution in [-0.2, 0) is 0 Å². The van der Waals surface area contributed by atoms with Gasteiger partial charge in [0.05, 0.1) is 0 Å². The summed E-state index contributed by atoms with van der Waals surface area (Å²) in [6.45, 7) is 4.11. The third-order valence-electron chi connectivity index (χ3n) is 3.57. The zero-order valence-corrected chi connectivity index (χ0v) is 10.3. The van der Waals surface area contributed by atoms with Crippen molar-refractivity contribution in [2.24, 2.45) is 0 Å². The molecule has 2 aromatic rings. The maximum Gasteiger partial charge on any atom is 0.251 e. The Balaban J connectivity index is 2.20. The van der Waals surface area contributed by atoms with Gasteiger partial charge in [0.1, 0.15) is 0 Å². The molecule has 0 radical (unpaired) electrons. The van der Waals surface area contributed by atoms with Crippen LogP contribution in [0.15, 0.2) is 29.1 Å². The smallest absolute Gasteiger partial charge is 0.251 e. The van der Waals surface area contributed by atoms with Crippen molar-refractivity contribution in [2.45, 2.75) is 38.5 Å². The van der Waals surface area contributed by atoms with Gasteiger partial charge in [-0.3, -0.25) is 4.79 Å². The van der Waals surface area contributed by atoms with Crippen LogP contribution >= 0.6 is 0 Å². The van der Waals surface area contributed by atoms with Crippen LogP contribution in [0.1, 0.15) is 49.7 Å². The molecule has 1 saturated carbocycles. The van der Waals surface area contributed by atoms with Crippen molar-refractivity contribution in [1.82, 2.24) is 4.98 Å². The van der Waals surface area contributed by atoms with Gasteiger partial charge in [0.15, 0.2) is 0 Å². The molecular weight excluding hydrogens is 210 g/mol. The fraction of sp³-hybridized carbons (Fsp3) is 0.400. The van der Waals surface area contributed by atoms with Gasteiger partial charge in [0, 0.05) is 11.1 Å². The zero-order valence-electron chi connectivity index (χ0n) is 10.3. The normalized spacial score (nSPS) is 15.7. The highest BCUT2D eigenvalue weighted by Crippen LogP contribution is 2.40. The quantitative estimate of drug-likeness (QED) is 0.836. The average Bonchev–Trinajstić information content (AvgIpc) is 3.11. The molecule has 2 nitrogen and oxygen atoms in total. The molecule has 0 aliphatic heterocycles. The molecule has 1 heterocycles. The van der Waals surface area contributed by atoms with Gasteiger partial charge in [-0.2, -0.15) is 0 Å². The first kappa shape index (κ1) is 10.6. The summed E-state index contributed by atoms with van der Waals surface area (Å²) in [6, 6.07) is 8.46. The van der Waals surface area contributed by atoms with E-state index in [1.807, 2.05) is 12.1 Å². The summed E-state index contributed by atoms with van der Waals surface area (Å²) in [5.41, 5.74) is 3.29. The van der Waals surface area contributed by atoms with Gasteiger partial charge in [0.2, 0.25) is 0 Å². The van der Waals surface area contributed by atoms with Crippen LogP contribution in [0, 0.1) is 0 Å². The van der Waals surface area contributed by atoms with Crippen molar-refractivity contribution in [2.75, 3.05) is 0 Å². The standard InChI is InChI=1S/C15H17NO/c1-9(2)13-8-12-7-11(10-3-4-10)5-6-14(12)16-15(13)17/h5-10H,3-4H2,1-2H3,(H,16,17). The number of aromatic nitrogens is 1. The van der Waals surface area contributed by atoms with Crippen LogP contribution in [0.3, 0.4) is 0 Å². The Morgan fingerprint density at radius 2 is 2.00 bits per heavy atom. The van der Waals surface area contributed by atoms with E-state index in [0.717, 1.165) is 22.4 Å². The minimum Gasteiger partial charge on any atom is -0.322 e. The molecule has 1 aliphatic rings. The van der Waals surface area contributed by atoms with Gasteiger partial charge in [-0.25, -0.2) is 0 Å². The van der Waals surface area contributed by atoms with Crippen molar-refractivity contribution in [1.29, 1.82) is 0 Å². The van der Waals surface area contributed by atoms with Gasteiger partial charge < -0.3 is 4.98 Å². The van der Waals surface area contributed by atoms with Crippen LogP contribution in [0.4, 0.5) is 0 Å². The number of pyridine rings is 1. The first-order valence-electron chi connectivity index (χ1n) is 6.32. The molecule has 0 unspecified atom stereocenters. The molecule has 1 aromatic carbocycles. The van der Waals surface area contributed by atoms with Gasteiger partial charge in [-0.1, -0.05) is 19.9 Å². The molecule has 0 bridgehead atoms. The molecule has 0 saturated heterocycles. The first-order valence-corrected chi connectivity index (χ1v) is 6.32. The molecule has 0 amide bonds. The van der Waals surface area contributed by atoms with E-state index in [1.54, 1.807) is 0 Å². The Kier molecular flexibility index (Phi) is 2.32. The van der Waals surface area contributed by atoms with Gasteiger partial charge in [-0.05, 0) is 53.8 Å². The number of aromatic amines is 1. The summed E-state index contributed by atoms with van der Waals surface area (Å²) in [6.07, 6.45) is 2.62. The second kappa shape index (κ2) is 3.73. The van der Waals surface area contributed by atoms with E-state index >= 15 is 0 Å². The monoisotopic (exact) mass is 227 g/mol. The van der Waals surface area contributed by atoms with E-state index in [0.29, 0.717) is 0 Å². The second-order valence-corrected chi connectivity index (χ2v) is 5.33. The zero-order chi connectivity index (χ0) is 12.0. The summed E-state index contributed by atoms with van der Waals surface area (Å²) in [5, 5.41) is 1.16. The lowest BCUT2D eigenvalue weighted by Gasteiger charge is -2.07. The van der Waals surface area contributed by atoms with E-state index in [2.05, 4.69) is 31.0 Å². The number of benzene rings is 1. The summed E-state index contributed by atoms with van der Waals surface area (Å²) < 4.78 is 0. The summed E-state index contributed by atoms with van der Waals surface area (Å²) in [4.78, 5) is 14.8. The molecule has 0 spiro atoms. The first-order chi connectivity index (χ1) is 8.15. The second-order valence-electron chi connectivity index (χ2n) is 5.33. The molecule has 0 atom stereocenters. The molecule has 1 N–H and O–H groups in total. The summed E-state index contributed by atoms with van der Waals surface area (Å²) in [5.74, 6) is 1.03. The lowest BCUT2D eigenvalue weighted by molar-refractivity contribution is 0.849. The Morgan fingerprint density at radius 1 is 1.24 bits per heavy atom. The minimum atomic E-state index is 0.0478. The van der Waals surface area contributed by atoms with Crippen LogP contribution in [0.2, 0.25) is 0 Å². The van der Waals surface area contributed by atoms with E-state index in [1.165, 1.54) is 18.4 Å². The number of rotatable bonds is 2. The SMILES string of the molecule is CC(C)c1cc2cc(C3CC3)ccc2[nH]c1=O. The van der Waals surface area contributed by atoms with E-state index in [4.69, 9.17) is 0 Å². The highest BCUT2D eigenvalue weighted by Gasteiger charge is 2.23. The van der Waals surface area contributed by atoms with Crippen molar-refractivity contribution in [3.63, 3.8) is 0 Å². The maximum atomic E-state index is 11.9. The molecule has 88 valence electrons. The number of fused-ring (bicyclic) bond motifs is 1. The van der Waals surface area contributed by atoms with Crippen molar-refractivity contribution < 1.29 is 0 Å². The third kappa shape index (κ3) is 1.88. The topological polar surface area (TPSA) is 32.9 Å². The Hall–Kier alpha value is -1.57. The Labute approximate surface area is 101 Å². The molecule has 3 rings (SSSR count). The fourth-order valence-corrected chi connectivity index (χ4v) is 2.34. The highest BCUT2D eigenvalue weighted by atomic mass is 16.1. The molecule has 1 aliphatic carbocycles. The number of hydrogen-bond acceptors (Lipinski definition) is 1. The Bertz CT molecular complexity index is 620. The molecule has 17 heavy (non-hydrogen) atoms. The molecule has 1 fully saturated rings. The van der Waals surface area contributed by atoms with Crippen LogP contribution in [0.25, 0.3) is 10.9 Å². The largest absolute Gasteiger partial charge is 0.322 e. The summed E-state index contributed by atoms with van der Waals surface area (Å²) >= 11 is 0. The van der Waals surface area contributed by atoms with Gasteiger partial charge in [-0.15, -0.1) is 0 Å². The molecular formula is C15H17NO. The van der Waals surface area contributed by atoms with Crippen molar-refractivity contribution >= 4 is 10.9 Å². The third-order valence-corrected chi connectivity index (χ3v) is 3.57. The van der Waals surface area contributed by atoms with E-state index in [-0.39, 0.29) is 11.5 Å². The maximum absolute atomic E-state index is 11.9. The lowest BCUT2D eigenvalue weighted by atomic mass is 10.0. The lowest BCUT2D eigenvalue weighted by Crippen LogP contribution is -2.13. The molecule has 2 heteroatoms. The average molecular weight is 227 g/mol. The number of hydrogen-bond donors (Lipinski definition) is 1. The van der Waals surface area contributed by atoms with Crippen molar-refractivity contribution in [3.8, 4) is 0 Å². The van der Waals surface area contributed by atoms with Gasteiger partial charge in [0.25, 0.3) is 5.56 Å². The number of H-pyrrole nitrogens is 1. The number of nitrogens with one attached hydrogen (secondary N) is 1. The van der Waals surface area contributed by atoms with Crippen molar-refractivity contribution in [3.05, 3.63) is 45.7 Å².